The zero-order valence-electron chi connectivity index (χ0n) is 30.9. The van der Waals surface area contributed by atoms with Crippen molar-refractivity contribution in [1.29, 1.82) is 0 Å². The maximum Gasteiger partial charge on any atom is 0.303 e. The summed E-state index contributed by atoms with van der Waals surface area (Å²) in [4.78, 5) is 54.0. The average Bonchev–Trinajstić information content (AvgIpc) is 3.21. The topological polar surface area (TPSA) is 197 Å². The smallest absolute Gasteiger partial charge is 0.303 e. The van der Waals surface area contributed by atoms with Crippen LogP contribution < -0.4 is 0 Å². The predicted octanol–water partition coefficient (Wildman–Crippen LogP) is 2.35. The zero-order valence-corrected chi connectivity index (χ0v) is 30.9. The lowest BCUT2D eigenvalue weighted by Gasteiger charge is -2.65. The Balaban J connectivity index is 1.65. The minimum Gasteiger partial charge on any atom is -0.449 e. The van der Waals surface area contributed by atoms with E-state index in [-0.39, 0.29) is 36.9 Å². The molecule has 0 aromatic rings. The van der Waals surface area contributed by atoms with Crippen LogP contribution in [0.4, 0.5) is 0 Å². The van der Waals surface area contributed by atoms with Crippen molar-refractivity contribution in [3.63, 3.8) is 0 Å². The molecule has 1 saturated heterocycles. The van der Waals surface area contributed by atoms with Gasteiger partial charge < -0.3 is 39.7 Å². The fourth-order valence-electron chi connectivity index (χ4n) is 10.7. The minimum atomic E-state index is -2.16. The van der Waals surface area contributed by atoms with Gasteiger partial charge in [-0.25, -0.2) is 0 Å². The molecule has 1 aliphatic heterocycles. The normalized spacial score (nSPS) is 45.6. The second kappa shape index (κ2) is 12.4. The van der Waals surface area contributed by atoms with E-state index in [0.29, 0.717) is 6.42 Å². The Morgan fingerprint density at radius 2 is 1.64 bits per heavy atom. The van der Waals surface area contributed by atoms with E-state index in [9.17, 15) is 44.7 Å². The third kappa shape index (κ3) is 5.77. The average molecular weight is 705 g/mol. The Hall–Kier alpha value is -2.32. The van der Waals surface area contributed by atoms with Gasteiger partial charge in [0.1, 0.15) is 17.5 Å². The van der Waals surface area contributed by atoms with Crippen LogP contribution in [0.2, 0.25) is 0 Å². The van der Waals surface area contributed by atoms with Gasteiger partial charge in [0.25, 0.3) is 0 Å². The summed E-state index contributed by atoms with van der Waals surface area (Å²) in [7, 11) is 0. The monoisotopic (exact) mass is 704 g/mol. The molecular formula is C38H56O12. The van der Waals surface area contributed by atoms with Crippen LogP contribution in [0, 0.1) is 39.4 Å². The number of carbonyl (C=O) groups excluding carboxylic acids is 4. The lowest BCUT2D eigenvalue weighted by atomic mass is 9.38. The first-order valence-electron chi connectivity index (χ1n) is 17.7. The molecule has 0 bridgehead atoms. The molecule has 0 aromatic heterocycles. The number of aliphatic hydroxyl groups excluding tert-OH is 3. The van der Waals surface area contributed by atoms with Gasteiger partial charge in [0.15, 0.2) is 5.78 Å². The van der Waals surface area contributed by atoms with Crippen LogP contribution in [0.25, 0.3) is 0 Å². The van der Waals surface area contributed by atoms with E-state index in [1.165, 1.54) is 33.8 Å². The van der Waals surface area contributed by atoms with Gasteiger partial charge in [-0.3, -0.25) is 19.2 Å². The minimum absolute atomic E-state index is 0.0462. The number of aliphatic hydroxyl groups is 5. The predicted molar refractivity (Wildman–Crippen MR) is 179 cm³/mol. The quantitative estimate of drug-likeness (QED) is 0.148. The number of esters is 1. The third-order valence-corrected chi connectivity index (χ3v) is 13.6. The lowest BCUT2D eigenvalue weighted by molar-refractivity contribution is -0.274. The van der Waals surface area contributed by atoms with Gasteiger partial charge in [-0.15, -0.1) is 0 Å². The summed E-state index contributed by atoms with van der Waals surface area (Å²) in [5, 5.41) is 55.2. The summed E-state index contributed by atoms with van der Waals surface area (Å²) in [6, 6.07) is 0. The first-order valence-corrected chi connectivity index (χ1v) is 17.7. The Bertz CT molecular complexity index is 1490. The van der Waals surface area contributed by atoms with Crippen LogP contribution >= 0.6 is 0 Å². The number of Topliss-reactive ketones (excluding diaryl/α,β-unsaturated/α-hetero) is 2. The zero-order chi connectivity index (χ0) is 37.7. The van der Waals surface area contributed by atoms with Gasteiger partial charge in [0.05, 0.1) is 30.0 Å². The number of hydrogen-bond donors (Lipinski definition) is 5. The lowest BCUT2D eigenvalue weighted by Crippen LogP contribution is -2.65. The number of allylic oxidation sites excluding steroid dienone is 1. The van der Waals surface area contributed by atoms with Gasteiger partial charge in [0.2, 0.25) is 18.2 Å². The van der Waals surface area contributed by atoms with Crippen molar-refractivity contribution < 1.29 is 58.9 Å². The van der Waals surface area contributed by atoms with E-state index < -0.39 is 99.2 Å². The van der Waals surface area contributed by atoms with Crippen LogP contribution in [0.5, 0.6) is 0 Å². The van der Waals surface area contributed by atoms with Crippen molar-refractivity contribution in [2.75, 3.05) is 0 Å². The highest BCUT2D eigenvalue weighted by Crippen LogP contribution is 2.74. The van der Waals surface area contributed by atoms with Crippen LogP contribution in [-0.2, 0) is 33.4 Å². The molecule has 3 saturated carbocycles. The molecule has 4 aliphatic carbocycles. The highest BCUT2D eigenvalue weighted by atomic mass is 16.7. The van der Waals surface area contributed by atoms with Crippen molar-refractivity contribution in [1.82, 2.24) is 0 Å². The summed E-state index contributed by atoms with van der Waals surface area (Å²) >= 11 is 0. The number of ketones is 3. The molecule has 5 rings (SSSR count). The molecule has 0 amide bonds. The summed E-state index contributed by atoms with van der Waals surface area (Å²) in [6.45, 7) is 16.5. The number of rotatable bonds is 7. The summed E-state index contributed by atoms with van der Waals surface area (Å²) in [5.41, 5.74) is -6.19. The second-order valence-electron chi connectivity index (χ2n) is 17.6. The SMILES string of the molecule is CC(=O)OC1C(=O)C(O)C(C)OC1OC1CC2(C)C3CC=C4C(CC(O)C(O)C4(C)C)C3(C)C(=O)CC2(C)C1C(C)(O)C(=O)C=CC(C)(C)O. The van der Waals surface area contributed by atoms with Crippen LogP contribution in [0.1, 0.15) is 94.9 Å². The van der Waals surface area contributed by atoms with Gasteiger partial charge in [-0.05, 0) is 75.7 Å². The maximum atomic E-state index is 14.8. The number of hydrogen-bond acceptors (Lipinski definition) is 12. The Morgan fingerprint density at radius 1 is 1.02 bits per heavy atom. The highest BCUT2D eigenvalue weighted by molar-refractivity contribution is 5.97. The Morgan fingerprint density at radius 3 is 2.22 bits per heavy atom. The van der Waals surface area contributed by atoms with E-state index in [0.717, 1.165) is 18.6 Å². The van der Waals surface area contributed by atoms with Gasteiger partial charge in [-0.1, -0.05) is 52.3 Å². The largest absolute Gasteiger partial charge is 0.449 e. The van der Waals surface area contributed by atoms with E-state index >= 15 is 0 Å². The number of ether oxygens (including phenoxy) is 3. The fraction of sp³-hybridized carbons (Fsp3) is 0.789. The number of fused-ring (bicyclic) bond motifs is 5. The van der Waals surface area contributed by atoms with Crippen molar-refractivity contribution in [3.05, 3.63) is 23.8 Å². The van der Waals surface area contributed by atoms with Crippen molar-refractivity contribution in [3.8, 4) is 0 Å². The summed E-state index contributed by atoms with van der Waals surface area (Å²) in [6.07, 6.45) is -3.47. The number of carbonyl (C=O) groups is 4. The van der Waals surface area contributed by atoms with E-state index in [4.69, 9.17) is 14.2 Å². The third-order valence-electron chi connectivity index (χ3n) is 13.6. The van der Waals surface area contributed by atoms with Crippen LogP contribution in [0.15, 0.2) is 23.8 Å². The van der Waals surface area contributed by atoms with Gasteiger partial charge in [-0.2, -0.15) is 0 Å². The standard InChI is InChI=1S/C38H56O12/c1-18-27(43)28(44)29(49-19(2)39)32(48-18)50-23-16-35(7)24-12-11-20-21(15-22(40)31(45)34(20,5)6)37(24,9)26(42)17-36(35,8)30(23)38(10,47)25(41)13-14-33(3,4)46/h11,13-14,18,21-24,27,29-32,40,43,45-47H,12,15-17H2,1-10H3. The van der Waals surface area contributed by atoms with E-state index in [1.54, 1.807) is 0 Å². The molecule has 0 aromatic carbocycles. The van der Waals surface area contributed by atoms with Crippen molar-refractivity contribution in [2.45, 2.75) is 149 Å². The second-order valence-corrected chi connectivity index (χ2v) is 17.6. The van der Waals surface area contributed by atoms with Crippen LogP contribution in [0.3, 0.4) is 0 Å². The molecule has 280 valence electrons. The molecule has 5 N–H and O–H groups in total. The molecule has 14 atom stereocenters. The van der Waals surface area contributed by atoms with Crippen molar-refractivity contribution in [2.24, 2.45) is 39.4 Å². The summed E-state index contributed by atoms with van der Waals surface area (Å²) in [5.74, 6) is -4.19. The van der Waals surface area contributed by atoms with Crippen molar-refractivity contribution >= 4 is 23.3 Å². The fourth-order valence-corrected chi connectivity index (χ4v) is 10.7. The van der Waals surface area contributed by atoms with E-state index in [2.05, 4.69) is 6.08 Å². The summed E-state index contributed by atoms with van der Waals surface area (Å²) < 4.78 is 17.8. The first kappa shape index (κ1) is 38.9. The molecule has 0 radical (unpaired) electrons. The van der Waals surface area contributed by atoms with Gasteiger partial charge >= 0.3 is 5.97 Å². The molecule has 1 heterocycles. The van der Waals surface area contributed by atoms with Gasteiger partial charge in [0, 0.05) is 30.1 Å². The molecule has 5 aliphatic rings. The van der Waals surface area contributed by atoms with E-state index in [1.807, 2.05) is 34.6 Å². The molecule has 4 fully saturated rings. The molecule has 12 heteroatoms. The van der Waals surface area contributed by atoms with Crippen LogP contribution in [-0.4, -0.2) is 103 Å². The first-order chi connectivity index (χ1) is 22.7. The maximum absolute atomic E-state index is 14.8. The molecular weight excluding hydrogens is 648 g/mol. The molecule has 12 nitrogen and oxygen atoms in total. The Labute approximate surface area is 294 Å². The Kier molecular flexibility index (Phi) is 9.64. The highest BCUT2D eigenvalue weighted by Gasteiger charge is 2.75. The molecule has 0 spiro atoms. The molecule has 14 unspecified atom stereocenters. The molecule has 50 heavy (non-hydrogen) atoms.